The molecule has 2 rings (SSSR count). The number of nitrogens with one attached hydrogen (secondary N) is 1. The monoisotopic (exact) mass is 297 g/mol. The Bertz CT molecular complexity index is 361. The van der Waals surface area contributed by atoms with Gasteiger partial charge in [-0.1, -0.05) is 28.8 Å². The predicted molar refractivity (Wildman–Crippen MR) is 74.4 cm³/mol. The standard InChI is InChI=1S/C14H20BrNO/c1-17-13-6-7-14(15)12(8-13)10-16-9-11-4-2-3-5-11/h6-8,11,16H,2-5,9-10H2,1H3. The fraction of sp³-hybridized carbons (Fsp3) is 0.571. The molecule has 0 heterocycles. The quantitative estimate of drug-likeness (QED) is 0.894. The van der Waals surface area contributed by atoms with Crippen LogP contribution in [0.5, 0.6) is 5.75 Å². The van der Waals surface area contributed by atoms with Crippen LogP contribution in [0.2, 0.25) is 0 Å². The second-order valence-corrected chi connectivity index (χ2v) is 5.59. The van der Waals surface area contributed by atoms with Crippen LogP contribution < -0.4 is 10.1 Å². The Morgan fingerprint density at radius 3 is 2.82 bits per heavy atom. The second kappa shape index (κ2) is 6.41. The topological polar surface area (TPSA) is 21.3 Å². The number of benzene rings is 1. The van der Waals surface area contributed by atoms with Gasteiger partial charge < -0.3 is 10.1 Å². The first-order valence-electron chi connectivity index (χ1n) is 6.32. The summed E-state index contributed by atoms with van der Waals surface area (Å²) in [6, 6.07) is 6.11. The molecule has 0 atom stereocenters. The number of methoxy groups -OCH3 is 1. The molecular formula is C14H20BrNO. The minimum Gasteiger partial charge on any atom is -0.497 e. The summed E-state index contributed by atoms with van der Waals surface area (Å²) >= 11 is 3.58. The molecule has 0 radical (unpaired) electrons. The number of ether oxygens (including phenoxy) is 1. The minimum atomic E-state index is 0.888. The number of rotatable bonds is 5. The van der Waals surface area contributed by atoms with Crippen LogP contribution >= 0.6 is 15.9 Å². The fourth-order valence-corrected chi connectivity index (χ4v) is 2.83. The molecule has 1 N–H and O–H groups in total. The Hall–Kier alpha value is -0.540. The molecule has 0 amide bonds. The molecule has 17 heavy (non-hydrogen) atoms. The molecule has 1 aliphatic carbocycles. The van der Waals surface area contributed by atoms with Crippen molar-refractivity contribution in [1.82, 2.24) is 5.32 Å². The van der Waals surface area contributed by atoms with Crippen LogP contribution in [-0.4, -0.2) is 13.7 Å². The van der Waals surface area contributed by atoms with Crippen molar-refractivity contribution in [3.05, 3.63) is 28.2 Å². The van der Waals surface area contributed by atoms with Crippen LogP contribution in [0.15, 0.2) is 22.7 Å². The third-order valence-electron chi connectivity index (χ3n) is 3.48. The summed E-state index contributed by atoms with van der Waals surface area (Å²) in [5.74, 6) is 1.81. The highest BCUT2D eigenvalue weighted by molar-refractivity contribution is 9.10. The molecule has 0 aliphatic heterocycles. The van der Waals surface area contributed by atoms with Gasteiger partial charge in [0.2, 0.25) is 0 Å². The van der Waals surface area contributed by atoms with Crippen molar-refractivity contribution < 1.29 is 4.74 Å². The lowest BCUT2D eigenvalue weighted by molar-refractivity contribution is 0.413. The highest BCUT2D eigenvalue weighted by Crippen LogP contribution is 2.25. The molecule has 2 nitrogen and oxygen atoms in total. The maximum atomic E-state index is 5.24. The Morgan fingerprint density at radius 1 is 1.35 bits per heavy atom. The van der Waals surface area contributed by atoms with Gasteiger partial charge in [-0.25, -0.2) is 0 Å². The van der Waals surface area contributed by atoms with Gasteiger partial charge in [0, 0.05) is 11.0 Å². The average Bonchev–Trinajstić information content (AvgIpc) is 2.84. The number of halogens is 1. The minimum absolute atomic E-state index is 0.888. The summed E-state index contributed by atoms with van der Waals surface area (Å²) in [5.41, 5.74) is 1.27. The van der Waals surface area contributed by atoms with Crippen LogP contribution in [0.1, 0.15) is 31.2 Å². The molecule has 1 aromatic rings. The maximum Gasteiger partial charge on any atom is 0.119 e. The molecule has 94 valence electrons. The summed E-state index contributed by atoms with van der Waals surface area (Å²) in [6.07, 6.45) is 5.61. The number of hydrogen-bond acceptors (Lipinski definition) is 2. The molecule has 1 aromatic carbocycles. The third kappa shape index (κ3) is 3.71. The molecule has 0 spiro atoms. The van der Waals surface area contributed by atoms with Gasteiger partial charge in [0.05, 0.1) is 7.11 Å². The van der Waals surface area contributed by atoms with Crippen molar-refractivity contribution in [2.24, 2.45) is 5.92 Å². The molecule has 1 saturated carbocycles. The van der Waals surface area contributed by atoms with Crippen molar-refractivity contribution in [2.75, 3.05) is 13.7 Å². The summed E-state index contributed by atoms with van der Waals surface area (Å²) in [4.78, 5) is 0. The van der Waals surface area contributed by atoms with E-state index in [0.29, 0.717) is 0 Å². The summed E-state index contributed by atoms with van der Waals surface area (Å²) in [6.45, 7) is 2.05. The van der Waals surface area contributed by atoms with Crippen LogP contribution in [0, 0.1) is 5.92 Å². The van der Waals surface area contributed by atoms with E-state index in [9.17, 15) is 0 Å². The second-order valence-electron chi connectivity index (χ2n) is 4.74. The van der Waals surface area contributed by atoms with Crippen molar-refractivity contribution in [1.29, 1.82) is 0 Å². The Kier molecular flexibility index (Phi) is 4.86. The van der Waals surface area contributed by atoms with Gasteiger partial charge in [0.15, 0.2) is 0 Å². The van der Waals surface area contributed by atoms with Crippen molar-refractivity contribution in [2.45, 2.75) is 32.2 Å². The maximum absolute atomic E-state index is 5.24. The summed E-state index contributed by atoms with van der Waals surface area (Å²) in [5, 5.41) is 3.55. The largest absolute Gasteiger partial charge is 0.497 e. The summed E-state index contributed by atoms with van der Waals surface area (Å²) < 4.78 is 6.39. The van der Waals surface area contributed by atoms with Gasteiger partial charge in [0.1, 0.15) is 5.75 Å². The molecule has 0 bridgehead atoms. The van der Waals surface area contributed by atoms with Gasteiger partial charge in [-0.2, -0.15) is 0 Å². The Labute approximate surface area is 112 Å². The van der Waals surface area contributed by atoms with Crippen molar-refractivity contribution in [3.63, 3.8) is 0 Å². The van der Waals surface area contributed by atoms with Gasteiger partial charge in [-0.3, -0.25) is 0 Å². The molecule has 3 heteroatoms. The third-order valence-corrected chi connectivity index (χ3v) is 4.25. The lowest BCUT2D eigenvalue weighted by Gasteiger charge is -2.12. The van der Waals surface area contributed by atoms with Crippen LogP contribution in [-0.2, 0) is 6.54 Å². The van der Waals surface area contributed by atoms with E-state index in [1.165, 1.54) is 31.2 Å². The zero-order valence-electron chi connectivity index (χ0n) is 10.3. The predicted octanol–water partition coefficient (Wildman–Crippen LogP) is 3.74. The van der Waals surface area contributed by atoms with E-state index in [-0.39, 0.29) is 0 Å². The van der Waals surface area contributed by atoms with Gasteiger partial charge in [0.25, 0.3) is 0 Å². The Morgan fingerprint density at radius 2 is 2.12 bits per heavy atom. The van der Waals surface area contributed by atoms with Gasteiger partial charge >= 0.3 is 0 Å². The summed E-state index contributed by atoms with van der Waals surface area (Å²) in [7, 11) is 1.71. The van der Waals surface area contributed by atoms with Crippen LogP contribution in [0.4, 0.5) is 0 Å². The first-order chi connectivity index (χ1) is 8.29. The van der Waals surface area contributed by atoms with E-state index >= 15 is 0 Å². The zero-order valence-corrected chi connectivity index (χ0v) is 11.9. The molecule has 0 saturated heterocycles. The molecular weight excluding hydrogens is 278 g/mol. The first-order valence-corrected chi connectivity index (χ1v) is 7.12. The SMILES string of the molecule is COc1ccc(Br)c(CNCC2CCCC2)c1. The van der Waals surface area contributed by atoms with Crippen LogP contribution in [0.25, 0.3) is 0 Å². The average molecular weight is 298 g/mol. The smallest absolute Gasteiger partial charge is 0.119 e. The lowest BCUT2D eigenvalue weighted by Crippen LogP contribution is -2.20. The van der Waals surface area contributed by atoms with Crippen LogP contribution in [0.3, 0.4) is 0 Å². The van der Waals surface area contributed by atoms with Crippen molar-refractivity contribution in [3.8, 4) is 5.75 Å². The van der Waals surface area contributed by atoms with E-state index < -0.39 is 0 Å². The van der Waals surface area contributed by atoms with E-state index in [0.717, 1.165) is 29.2 Å². The molecule has 1 fully saturated rings. The normalized spacial score (nSPS) is 16.4. The Balaban J connectivity index is 1.84. The molecule has 1 aliphatic rings. The van der Waals surface area contributed by atoms with Gasteiger partial charge in [-0.05, 0) is 49.1 Å². The van der Waals surface area contributed by atoms with E-state index in [4.69, 9.17) is 4.74 Å². The van der Waals surface area contributed by atoms with Crippen molar-refractivity contribution >= 4 is 15.9 Å². The number of hydrogen-bond donors (Lipinski definition) is 1. The highest BCUT2D eigenvalue weighted by Gasteiger charge is 2.14. The van der Waals surface area contributed by atoms with Gasteiger partial charge in [-0.15, -0.1) is 0 Å². The highest BCUT2D eigenvalue weighted by atomic mass is 79.9. The van der Waals surface area contributed by atoms with E-state index in [1.54, 1.807) is 7.11 Å². The molecule has 0 aromatic heterocycles. The first kappa shape index (κ1) is 12.9. The molecule has 0 unspecified atom stereocenters. The van der Waals surface area contributed by atoms with E-state index in [2.05, 4.69) is 27.3 Å². The fourth-order valence-electron chi connectivity index (χ4n) is 2.44. The van der Waals surface area contributed by atoms with E-state index in [1.807, 2.05) is 12.1 Å². The zero-order chi connectivity index (χ0) is 12.1. The lowest BCUT2D eigenvalue weighted by atomic mass is 10.1.